The Labute approximate surface area is 93.2 Å². The van der Waals surface area contributed by atoms with E-state index in [0.717, 1.165) is 10.5 Å². The number of rotatable bonds is 2. The third-order valence-electron chi connectivity index (χ3n) is 2.09. The van der Waals surface area contributed by atoms with Gasteiger partial charge in [-0.25, -0.2) is 4.39 Å². The van der Waals surface area contributed by atoms with E-state index >= 15 is 0 Å². The molecule has 0 N–H and O–H groups in total. The predicted molar refractivity (Wildman–Crippen MR) is 59.0 cm³/mol. The first-order chi connectivity index (χ1) is 7.43. The lowest BCUT2D eigenvalue weighted by Crippen LogP contribution is -2.22. The summed E-state index contributed by atoms with van der Waals surface area (Å²) < 4.78 is 26.9. The molecule has 0 radical (unpaired) electrons. The molecular weight excluding hydrogens is 212 g/mol. The van der Waals surface area contributed by atoms with Gasteiger partial charge in [-0.1, -0.05) is 29.8 Å². The number of halogens is 2. The SMILES string of the molecule is Cc1ccc(C(F)=C(F)C(=O)N(C)C)cc1. The summed E-state index contributed by atoms with van der Waals surface area (Å²) in [5, 5.41) is 0. The topological polar surface area (TPSA) is 20.3 Å². The van der Waals surface area contributed by atoms with Gasteiger partial charge in [-0.05, 0) is 6.92 Å². The molecule has 1 aromatic carbocycles. The summed E-state index contributed by atoms with van der Waals surface area (Å²) in [7, 11) is 2.73. The number of carbonyl (C=O) groups excluding carboxylic acids is 1. The highest BCUT2D eigenvalue weighted by Crippen LogP contribution is 2.22. The average molecular weight is 225 g/mol. The molecule has 0 aliphatic heterocycles. The summed E-state index contributed by atoms with van der Waals surface area (Å²) in [4.78, 5) is 12.2. The number of hydrogen-bond acceptors (Lipinski definition) is 1. The minimum Gasteiger partial charge on any atom is -0.343 e. The quantitative estimate of drug-likeness (QED) is 0.708. The van der Waals surface area contributed by atoms with Crippen molar-refractivity contribution < 1.29 is 13.6 Å². The maximum absolute atomic E-state index is 13.5. The Morgan fingerprint density at radius 3 is 2.06 bits per heavy atom. The van der Waals surface area contributed by atoms with Gasteiger partial charge >= 0.3 is 0 Å². The molecule has 0 aromatic heterocycles. The Hall–Kier alpha value is -1.71. The Balaban J connectivity index is 3.08. The lowest BCUT2D eigenvalue weighted by molar-refractivity contribution is -0.126. The van der Waals surface area contributed by atoms with Crippen LogP contribution >= 0.6 is 0 Å². The lowest BCUT2D eigenvalue weighted by Gasteiger charge is -2.08. The van der Waals surface area contributed by atoms with Gasteiger partial charge in [-0.3, -0.25) is 4.79 Å². The highest BCUT2D eigenvalue weighted by atomic mass is 19.2. The fourth-order valence-electron chi connectivity index (χ4n) is 1.12. The molecule has 1 amide bonds. The van der Waals surface area contributed by atoms with E-state index in [2.05, 4.69) is 0 Å². The molecule has 0 atom stereocenters. The van der Waals surface area contributed by atoms with Gasteiger partial charge in [0.1, 0.15) is 0 Å². The summed E-state index contributed by atoms with van der Waals surface area (Å²) in [6, 6.07) is 6.19. The van der Waals surface area contributed by atoms with Crippen molar-refractivity contribution in [2.24, 2.45) is 0 Å². The zero-order valence-corrected chi connectivity index (χ0v) is 9.42. The smallest absolute Gasteiger partial charge is 0.285 e. The molecule has 2 nitrogen and oxygen atoms in total. The first-order valence-corrected chi connectivity index (χ1v) is 4.77. The summed E-state index contributed by atoms with van der Waals surface area (Å²) in [6.45, 7) is 1.84. The van der Waals surface area contributed by atoms with Crippen LogP contribution in [0.4, 0.5) is 8.78 Å². The molecule has 0 fully saturated rings. The second kappa shape index (κ2) is 4.88. The molecule has 0 unspecified atom stereocenters. The lowest BCUT2D eigenvalue weighted by atomic mass is 10.1. The maximum Gasteiger partial charge on any atom is 0.285 e. The predicted octanol–water partition coefficient (Wildman–Crippen LogP) is 2.69. The van der Waals surface area contributed by atoms with Crippen molar-refractivity contribution >= 4 is 11.7 Å². The minimum atomic E-state index is -1.37. The van der Waals surface area contributed by atoms with Crippen molar-refractivity contribution in [3.63, 3.8) is 0 Å². The molecule has 0 bridgehead atoms. The normalized spacial score (nSPS) is 12.1. The molecule has 1 aromatic rings. The molecule has 0 saturated heterocycles. The zero-order valence-electron chi connectivity index (χ0n) is 9.42. The Kier molecular flexibility index (Phi) is 3.77. The van der Waals surface area contributed by atoms with Gasteiger partial charge in [0.05, 0.1) is 0 Å². The van der Waals surface area contributed by atoms with Crippen LogP contribution in [-0.4, -0.2) is 24.9 Å². The van der Waals surface area contributed by atoms with E-state index in [-0.39, 0.29) is 5.56 Å². The van der Waals surface area contributed by atoms with Crippen LogP contribution < -0.4 is 0 Å². The van der Waals surface area contributed by atoms with Crippen molar-refractivity contribution in [2.45, 2.75) is 6.92 Å². The highest BCUT2D eigenvalue weighted by Gasteiger charge is 2.18. The van der Waals surface area contributed by atoms with E-state index in [1.165, 1.54) is 26.2 Å². The van der Waals surface area contributed by atoms with Gasteiger partial charge in [0.15, 0.2) is 5.83 Å². The van der Waals surface area contributed by atoms with Crippen molar-refractivity contribution in [1.29, 1.82) is 0 Å². The van der Waals surface area contributed by atoms with Gasteiger partial charge in [0.2, 0.25) is 5.83 Å². The molecule has 86 valence electrons. The number of aryl methyl sites for hydroxylation is 1. The Bertz CT molecular complexity index is 421. The largest absolute Gasteiger partial charge is 0.343 e. The number of hydrogen-bond donors (Lipinski definition) is 0. The number of benzene rings is 1. The van der Waals surface area contributed by atoms with Crippen LogP contribution in [0.5, 0.6) is 0 Å². The van der Waals surface area contributed by atoms with Crippen molar-refractivity contribution in [3.05, 3.63) is 41.2 Å². The molecule has 0 spiro atoms. The minimum absolute atomic E-state index is 0.0679. The second-order valence-electron chi connectivity index (χ2n) is 3.69. The number of carbonyl (C=O) groups is 1. The van der Waals surface area contributed by atoms with Crippen molar-refractivity contribution in [2.75, 3.05) is 14.1 Å². The first kappa shape index (κ1) is 12.4. The van der Waals surface area contributed by atoms with E-state index in [0.29, 0.717) is 0 Å². The van der Waals surface area contributed by atoms with Crippen LogP contribution in [0.2, 0.25) is 0 Å². The number of amides is 1. The maximum atomic E-state index is 13.5. The molecule has 16 heavy (non-hydrogen) atoms. The fraction of sp³-hybridized carbons (Fsp3) is 0.250. The second-order valence-corrected chi connectivity index (χ2v) is 3.69. The van der Waals surface area contributed by atoms with Crippen LogP contribution in [0.3, 0.4) is 0 Å². The van der Waals surface area contributed by atoms with E-state index in [1.807, 2.05) is 6.92 Å². The Morgan fingerprint density at radius 1 is 1.12 bits per heavy atom. The van der Waals surface area contributed by atoms with Crippen LogP contribution in [-0.2, 0) is 4.79 Å². The van der Waals surface area contributed by atoms with Crippen LogP contribution in [0.1, 0.15) is 11.1 Å². The third kappa shape index (κ3) is 2.66. The van der Waals surface area contributed by atoms with Crippen LogP contribution in [0, 0.1) is 6.92 Å². The number of nitrogens with zero attached hydrogens (tertiary/aromatic N) is 1. The summed E-state index contributed by atoms with van der Waals surface area (Å²) in [6.07, 6.45) is 0. The molecular formula is C12H13F2NO. The molecule has 0 aliphatic rings. The summed E-state index contributed by atoms with van der Waals surface area (Å²) in [5.74, 6) is -3.47. The van der Waals surface area contributed by atoms with Crippen molar-refractivity contribution in [1.82, 2.24) is 4.90 Å². The summed E-state index contributed by atoms with van der Waals surface area (Å²) >= 11 is 0. The monoisotopic (exact) mass is 225 g/mol. The molecule has 0 aliphatic carbocycles. The van der Waals surface area contributed by atoms with Gasteiger partial charge in [-0.15, -0.1) is 0 Å². The van der Waals surface area contributed by atoms with Crippen molar-refractivity contribution in [3.8, 4) is 0 Å². The van der Waals surface area contributed by atoms with E-state index < -0.39 is 17.6 Å². The first-order valence-electron chi connectivity index (χ1n) is 4.77. The average Bonchev–Trinajstić information content (AvgIpc) is 2.27. The van der Waals surface area contributed by atoms with E-state index in [4.69, 9.17) is 0 Å². The number of likely N-dealkylation sites (N-methyl/N-ethyl adjacent to an activating group) is 1. The Morgan fingerprint density at radius 2 is 1.62 bits per heavy atom. The molecule has 4 heteroatoms. The van der Waals surface area contributed by atoms with Gasteiger partial charge in [-0.2, -0.15) is 4.39 Å². The van der Waals surface area contributed by atoms with Gasteiger partial charge < -0.3 is 4.90 Å². The standard InChI is InChI=1S/C12H13F2NO/c1-8-4-6-9(7-5-8)10(13)11(14)12(16)15(2)3/h4-7H,1-3H3. The summed E-state index contributed by atoms with van der Waals surface area (Å²) in [5.41, 5.74) is 1.01. The van der Waals surface area contributed by atoms with Crippen LogP contribution in [0.25, 0.3) is 5.83 Å². The van der Waals surface area contributed by atoms with Gasteiger partial charge in [0.25, 0.3) is 5.91 Å². The fourth-order valence-corrected chi connectivity index (χ4v) is 1.12. The zero-order chi connectivity index (χ0) is 12.3. The molecule has 0 saturated carbocycles. The highest BCUT2D eigenvalue weighted by molar-refractivity contribution is 5.97. The van der Waals surface area contributed by atoms with E-state index in [1.54, 1.807) is 12.1 Å². The van der Waals surface area contributed by atoms with Gasteiger partial charge in [0, 0.05) is 19.7 Å². The molecule has 1 rings (SSSR count). The third-order valence-corrected chi connectivity index (χ3v) is 2.09. The van der Waals surface area contributed by atoms with Crippen LogP contribution in [0.15, 0.2) is 30.1 Å². The molecule has 0 heterocycles. The van der Waals surface area contributed by atoms with E-state index in [9.17, 15) is 13.6 Å².